The Labute approximate surface area is 125 Å². The fourth-order valence-electron chi connectivity index (χ4n) is 2.08. The third-order valence-electron chi connectivity index (χ3n) is 2.97. The second-order valence-corrected chi connectivity index (χ2v) is 4.52. The van der Waals surface area contributed by atoms with Crippen LogP contribution in [0.3, 0.4) is 0 Å². The quantitative estimate of drug-likeness (QED) is 0.842. The van der Waals surface area contributed by atoms with Crippen molar-refractivity contribution in [3.05, 3.63) is 36.2 Å². The first-order chi connectivity index (χ1) is 10.3. The monoisotopic (exact) mass is 287 g/mol. The van der Waals surface area contributed by atoms with Crippen LogP contribution in [0.15, 0.2) is 30.6 Å². The molecular formula is C16H21N3O2. The lowest BCUT2D eigenvalue weighted by Crippen LogP contribution is -2.03. The van der Waals surface area contributed by atoms with Gasteiger partial charge in [0.2, 0.25) is 5.88 Å². The molecule has 0 amide bonds. The fourth-order valence-corrected chi connectivity index (χ4v) is 2.08. The Morgan fingerprint density at radius 2 is 1.95 bits per heavy atom. The van der Waals surface area contributed by atoms with E-state index in [4.69, 9.17) is 9.47 Å². The van der Waals surface area contributed by atoms with Crippen LogP contribution in [0.2, 0.25) is 0 Å². The van der Waals surface area contributed by atoms with Crippen molar-refractivity contribution in [1.29, 1.82) is 0 Å². The molecule has 0 aliphatic rings. The predicted molar refractivity (Wildman–Crippen MR) is 83.3 cm³/mol. The van der Waals surface area contributed by atoms with Crippen LogP contribution in [0.4, 0.5) is 5.82 Å². The van der Waals surface area contributed by atoms with Gasteiger partial charge in [-0.1, -0.05) is 19.4 Å². The van der Waals surface area contributed by atoms with Gasteiger partial charge < -0.3 is 14.8 Å². The van der Waals surface area contributed by atoms with Crippen molar-refractivity contribution >= 4 is 5.82 Å². The van der Waals surface area contributed by atoms with Gasteiger partial charge in [0.15, 0.2) is 0 Å². The summed E-state index contributed by atoms with van der Waals surface area (Å²) >= 11 is 0. The summed E-state index contributed by atoms with van der Waals surface area (Å²) in [6, 6.07) is 7.56. The largest absolute Gasteiger partial charge is 0.494 e. The molecule has 0 unspecified atom stereocenters. The minimum atomic E-state index is 0.588. The van der Waals surface area contributed by atoms with E-state index in [1.54, 1.807) is 0 Å². The maximum Gasteiger partial charge on any atom is 0.227 e. The molecule has 2 aromatic rings. The third-order valence-corrected chi connectivity index (χ3v) is 2.97. The number of hydrogen-bond acceptors (Lipinski definition) is 5. The van der Waals surface area contributed by atoms with Gasteiger partial charge >= 0.3 is 0 Å². The lowest BCUT2D eigenvalue weighted by atomic mass is 10.1. The van der Waals surface area contributed by atoms with Crippen LogP contribution in [0.1, 0.15) is 25.8 Å². The van der Waals surface area contributed by atoms with Crippen LogP contribution in [-0.4, -0.2) is 23.6 Å². The maximum absolute atomic E-state index is 5.92. The highest BCUT2D eigenvalue weighted by Gasteiger charge is 2.12. The number of ether oxygens (including phenoxy) is 2. The zero-order valence-corrected chi connectivity index (χ0v) is 12.7. The Balaban J connectivity index is 2.28. The van der Waals surface area contributed by atoms with Crippen molar-refractivity contribution in [3.63, 3.8) is 0 Å². The second-order valence-electron chi connectivity index (χ2n) is 4.52. The highest BCUT2D eigenvalue weighted by molar-refractivity contribution is 5.49. The lowest BCUT2D eigenvalue weighted by Gasteiger charge is -2.13. The van der Waals surface area contributed by atoms with Gasteiger partial charge in [-0.25, -0.2) is 9.97 Å². The SMILES string of the molecule is CCCc1c(NC)ncnc1Oc1cccc(OCC)c1. The topological polar surface area (TPSA) is 56.3 Å². The first-order valence-electron chi connectivity index (χ1n) is 7.20. The van der Waals surface area contributed by atoms with E-state index < -0.39 is 0 Å². The van der Waals surface area contributed by atoms with E-state index in [-0.39, 0.29) is 0 Å². The molecular weight excluding hydrogens is 266 g/mol. The summed E-state index contributed by atoms with van der Waals surface area (Å²) in [5.41, 5.74) is 0.990. The number of nitrogens with one attached hydrogen (secondary N) is 1. The molecule has 0 spiro atoms. The molecule has 0 aliphatic heterocycles. The molecule has 0 atom stereocenters. The second kappa shape index (κ2) is 7.47. The van der Waals surface area contributed by atoms with Crippen LogP contribution >= 0.6 is 0 Å². The van der Waals surface area contributed by atoms with Gasteiger partial charge in [0.1, 0.15) is 23.6 Å². The number of aromatic nitrogens is 2. The van der Waals surface area contributed by atoms with Gasteiger partial charge in [-0.3, -0.25) is 0 Å². The minimum Gasteiger partial charge on any atom is -0.494 e. The van der Waals surface area contributed by atoms with Crippen molar-refractivity contribution in [2.45, 2.75) is 26.7 Å². The molecule has 0 saturated carbocycles. The Bertz CT molecular complexity index is 587. The number of hydrogen-bond donors (Lipinski definition) is 1. The van der Waals surface area contributed by atoms with Crippen LogP contribution in [0.5, 0.6) is 17.4 Å². The van der Waals surface area contributed by atoms with Crippen LogP contribution < -0.4 is 14.8 Å². The van der Waals surface area contributed by atoms with Gasteiger partial charge in [0.05, 0.1) is 12.2 Å². The summed E-state index contributed by atoms with van der Waals surface area (Å²) in [5.74, 6) is 2.89. The number of benzene rings is 1. The van der Waals surface area contributed by atoms with Crippen molar-refractivity contribution in [1.82, 2.24) is 9.97 Å². The summed E-state index contributed by atoms with van der Waals surface area (Å²) in [6.07, 6.45) is 3.36. The summed E-state index contributed by atoms with van der Waals surface area (Å²) in [7, 11) is 1.85. The van der Waals surface area contributed by atoms with E-state index in [9.17, 15) is 0 Å². The van der Waals surface area contributed by atoms with Crippen molar-refractivity contribution in [2.75, 3.05) is 19.0 Å². The first-order valence-corrected chi connectivity index (χ1v) is 7.20. The molecule has 0 fully saturated rings. The summed E-state index contributed by atoms with van der Waals surface area (Å²) in [5, 5.41) is 3.08. The molecule has 0 aliphatic carbocycles. The molecule has 2 rings (SSSR count). The molecule has 0 bridgehead atoms. The van der Waals surface area contributed by atoms with Gasteiger partial charge in [-0.15, -0.1) is 0 Å². The molecule has 5 nitrogen and oxygen atoms in total. The van der Waals surface area contributed by atoms with Crippen molar-refractivity contribution < 1.29 is 9.47 Å². The fraction of sp³-hybridized carbons (Fsp3) is 0.375. The van der Waals surface area contributed by atoms with Gasteiger partial charge in [0, 0.05) is 13.1 Å². The van der Waals surface area contributed by atoms with Crippen LogP contribution in [0.25, 0.3) is 0 Å². The van der Waals surface area contributed by atoms with E-state index in [2.05, 4.69) is 22.2 Å². The minimum absolute atomic E-state index is 0.588. The maximum atomic E-state index is 5.92. The molecule has 5 heteroatoms. The summed E-state index contributed by atoms with van der Waals surface area (Å²) < 4.78 is 11.4. The van der Waals surface area contributed by atoms with Gasteiger partial charge in [0.25, 0.3) is 0 Å². The Morgan fingerprint density at radius 3 is 2.67 bits per heavy atom. The van der Waals surface area contributed by atoms with Crippen molar-refractivity contribution in [2.24, 2.45) is 0 Å². The standard InChI is InChI=1S/C16H21N3O2/c1-4-7-14-15(17-3)18-11-19-16(14)21-13-9-6-8-12(10-13)20-5-2/h6,8-11H,4-5,7H2,1-3H3,(H,17,18,19). The zero-order valence-electron chi connectivity index (χ0n) is 12.7. The van der Waals surface area contributed by atoms with Crippen LogP contribution in [0, 0.1) is 0 Å². The Hall–Kier alpha value is -2.30. The summed E-state index contributed by atoms with van der Waals surface area (Å²) in [6.45, 7) is 4.70. The van der Waals surface area contributed by atoms with Crippen molar-refractivity contribution in [3.8, 4) is 17.4 Å². The van der Waals surface area contributed by atoms with E-state index >= 15 is 0 Å². The molecule has 1 aromatic heterocycles. The molecule has 1 heterocycles. The van der Waals surface area contributed by atoms with Gasteiger partial charge in [-0.2, -0.15) is 0 Å². The average Bonchev–Trinajstić information content (AvgIpc) is 2.50. The number of nitrogens with zero attached hydrogens (tertiary/aromatic N) is 2. The highest BCUT2D eigenvalue weighted by atomic mass is 16.5. The molecule has 1 N–H and O–H groups in total. The number of anilines is 1. The molecule has 1 aromatic carbocycles. The predicted octanol–water partition coefficient (Wildman–Crippen LogP) is 3.66. The van der Waals surface area contributed by atoms with E-state index in [1.165, 1.54) is 6.33 Å². The molecule has 21 heavy (non-hydrogen) atoms. The summed E-state index contributed by atoms with van der Waals surface area (Å²) in [4.78, 5) is 8.50. The molecule has 112 valence electrons. The Morgan fingerprint density at radius 1 is 1.14 bits per heavy atom. The third kappa shape index (κ3) is 3.84. The van der Waals surface area contributed by atoms with Gasteiger partial charge in [-0.05, 0) is 25.5 Å². The smallest absolute Gasteiger partial charge is 0.227 e. The normalized spacial score (nSPS) is 10.2. The Kier molecular flexibility index (Phi) is 5.37. The average molecular weight is 287 g/mol. The highest BCUT2D eigenvalue weighted by Crippen LogP contribution is 2.29. The molecule has 0 saturated heterocycles. The van der Waals surface area contributed by atoms with E-state index in [1.807, 2.05) is 38.2 Å². The molecule has 0 radical (unpaired) electrons. The van der Waals surface area contributed by atoms with Crippen LogP contribution in [-0.2, 0) is 6.42 Å². The number of rotatable bonds is 7. The van der Waals surface area contributed by atoms with E-state index in [0.717, 1.165) is 30.0 Å². The lowest BCUT2D eigenvalue weighted by molar-refractivity contribution is 0.337. The van der Waals surface area contributed by atoms with E-state index in [0.29, 0.717) is 18.2 Å². The first kappa shape index (κ1) is 15.1. The zero-order chi connectivity index (χ0) is 15.1.